The van der Waals surface area contributed by atoms with Gasteiger partial charge in [0.05, 0.1) is 35.5 Å². The maximum absolute atomic E-state index is 13.4. The number of carbonyl (C=O) groups excluding carboxylic acids is 1. The van der Waals surface area contributed by atoms with E-state index in [1.54, 1.807) is 49.4 Å². The molecule has 1 amide bonds. The van der Waals surface area contributed by atoms with Crippen LogP contribution in [-0.2, 0) is 14.8 Å². The van der Waals surface area contributed by atoms with E-state index < -0.39 is 22.5 Å². The van der Waals surface area contributed by atoms with E-state index in [2.05, 4.69) is 26.5 Å². The lowest BCUT2D eigenvalue weighted by molar-refractivity contribution is -0.119. The van der Waals surface area contributed by atoms with Crippen LogP contribution in [0.3, 0.4) is 0 Å². The molecule has 0 unspecified atom stereocenters. The number of rotatable bonds is 9. The number of carbonyl (C=O) groups is 1. The fourth-order valence-electron chi connectivity index (χ4n) is 3.46. The van der Waals surface area contributed by atoms with Gasteiger partial charge in [-0.15, -0.1) is 0 Å². The normalized spacial score (nSPS) is 11.3. The number of hydrogen-bond donors (Lipinski definition) is 1. The Bertz CT molecular complexity index is 1340. The number of nitrogens with one attached hydrogen (secondary N) is 1. The van der Waals surface area contributed by atoms with Gasteiger partial charge in [-0.05, 0) is 71.2 Å². The summed E-state index contributed by atoms with van der Waals surface area (Å²) in [6, 6.07) is 16.8. The van der Waals surface area contributed by atoms with Crippen LogP contribution >= 0.6 is 15.9 Å². The lowest BCUT2D eigenvalue weighted by atomic mass is 10.1. The van der Waals surface area contributed by atoms with E-state index in [0.29, 0.717) is 27.2 Å². The standard InChI is InChI=1S/C25H26BrN3O5S/c1-17-10-11-22(18(2)12-17)29(35(31,32)20-8-6-5-7-9-20)16-24(30)28-27-15-19-13-21(26)25(34-4)23(14-19)33-3/h5-15H,16H2,1-4H3,(H,28,30)/b27-15-. The molecule has 0 aromatic heterocycles. The monoisotopic (exact) mass is 559 g/mol. The molecule has 3 aromatic carbocycles. The van der Waals surface area contributed by atoms with Gasteiger partial charge in [-0.1, -0.05) is 35.9 Å². The third-order valence-corrected chi connectivity index (χ3v) is 7.46. The van der Waals surface area contributed by atoms with Crippen molar-refractivity contribution in [1.82, 2.24) is 5.43 Å². The molecule has 35 heavy (non-hydrogen) atoms. The van der Waals surface area contributed by atoms with E-state index >= 15 is 0 Å². The molecule has 0 bridgehead atoms. The second kappa shape index (κ2) is 11.4. The van der Waals surface area contributed by atoms with Gasteiger partial charge in [-0.3, -0.25) is 9.10 Å². The molecule has 0 aliphatic heterocycles. The lowest BCUT2D eigenvalue weighted by Gasteiger charge is -2.25. The molecular weight excluding hydrogens is 534 g/mol. The number of aryl methyl sites for hydroxylation is 2. The highest BCUT2D eigenvalue weighted by Gasteiger charge is 2.28. The number of hydrazone groups is 1. The topological polar surface area (TPSA) is 97.3 Å². The average molecular weight is 560 g/mol. The molecule has 0 fully saturated rings. The van der Waals surface area contributed by atoms with Crippen molar-refractivity contribution in [3.63, 3.8) is 0 Å². The van der Waals surface area contributed by atoms with Crippen LogP contribution in [0.4, 0.5) is 5.69 Å². The van der Waals surface area contributed by atoms with E-state index in [9.17, 15) is 13.2 Å². The molecular formula is C25H26BrN3O5S. The second-order valence-corrected chi connectivity index (χ2v) is 10.4. The number of nitrogens with zero attached hydrogens (tertiary/aromatic N) is 2. The minimum absolute atomic E-state index is 0.0893. The van der Waals surface area contributed by atoms with Crippen LogP contribution in [0.2, 0.25) is 0 Å². The highest BCUT2D eigenvalue weighted by atomic mass is 79.9. The summed E-state index contributed by atoms with van der Waals surface area (Å²) in [6.07, 6.45) is 1.43. The number of ether oxygens (including phenoxy) is 2. The molecule has 0 spiro atoms. The first kappa shape index (κ1) is 26.2. The average Bonchev–Trinajstić information content (AvgIpc) is 2.83. The maximum atomic E-state index is 13.4. The molecule has 1 N–H and O–H groups in total. The maximum Gasteiger partial charge on any atom is 0.264 e. The number of sulfonamides is 1. The van der Waals surface area contributed by atoms with Crippen molar-refractivity contribution in [3.8, 4) is 11.5 Å². The quantitative estimate of drug-likeness (QED) is 0.309. The first-order valence-corrected chi connectivity index (χ1v) is 12.8. The minimum atomic E-state index is -4.00. The van der Waals surface area contributed by atoms with Gasteiger partial charge in [-0.25, -0.2) is 13.8 Å². The zero-order valence-electron chi connectivity index (χ0n) is 19.8. The number of amides is 1. The van der Waals surface area contributed by atoms with Crippen molar-refractivity contribution < 1.29 is 22.7 Å². The smallest absolute Gasteiger partial charge is 0.264 e. The predicted octanol–water partition coefficient (Wildman–Crippen LogP) is 4.43. The Hall–Kier alpha value is -3.37. The summed E-state index contributed by atoms with van der Waals surface area (Å²) in [5.41, 5.74) is 5.18. The van der Waals surface area contributed by atoms with Crippen molar-refractivity contribution in [2.75, 3.05) is 25.1 Å². The van der Waals surface area contributed by atoms with Crippen molar-refractivity contribution in [1.29, 1.82) is 0 Å². The number of hydrogen-bond acceptors (Lipinski definition) is 6. The van der Waals surface area contributed by atoms with E-state index in [0.717, 1.165) is 15.4 Å². The Kier molecular flexibility index (Phi) is 8.52. The van der Waals surface area contributed by atoms with Gasteiger partial charge in [0.15, 0.2) is 11.5 Å². The second-order valence-electron chi connectivity index (χ2n) is 7.65. The van der Waals surface area contributed by atoms with E-state index in [-0.39, 0.29) is 4.90 Å². The van der Waals surface area contributed by atoms with Crippen molar-refractivity contribution in [3.05, 3.63) is 81.8 Å². The van der Waals surface area contributed by atoms with E-state index in [1.807, 2.05) is 13.0 Å². The lowest BCUT2D eigenvalue weighted by Crippen LogP contribution is -2.40. The summed E-state index contributed by atoms with van der Waals surface area (Å²) in [7, 11) is -0.955. The fourth-order valence-corrected chi connectivity index (χ4v) is 5.59. The van der Waals surface area contributed by atoms with Gasteiger partial charge < -0.3 is 9.47 Å². The Morgan fingerprint density at radius 1 is 1.06 bits per heavy atom. The molecule has 0 saturated carbocycles. The molecule has 0 atom stereocenters. The summed E-state index contributed by atoms with van der Waals surface area (Å²) >= 11 is 3.41. The van der Waals surface area contributed by atoms with Gasteiger partial charge in [0.1, 0.15) is 6.54 Å². The molecule has 3 aromatic rings. The summed E-state index contributed by atoms with van der Waals surface area (Å²) in [5.74, 6) is 0.425. The third-order valence-electron chi connectivity index (χ3n) is 5.10. The minimum Gasteiger partial charge on any atom is -0.493 e. The number of methoxy groups -OCH3 is 2. The van der Waals surface area contributed by atoms with Crippen molar-refractivity contribution in [2.24, 2.45) is 5.10 Å². The van der Waals surface area contributed by atoms with Gasteiger partial charge in [-0.2, -0.15) is 5.10 Å². The molecule has 0 saturated heterocycles. The summed E-state index contributed by atoms with van der Waals surface area (Å²) in [4.78, 5) is 12.9. The van der Waals surface area contributed by atoms with Crippen LogP contribution < -0.4 is 19.2 Å². The SMILES string of the molecule is COc1cc(/C=N\NC(=O)CN(c2ccc(C)cc2C)S(=O)(=O)c2ccccc2)cc(Br)c1OC. The molecule has 0 aliphatic rings. The highest BCUT2D eigenvalue weighted by molar-refractivity contribution is 9.10. The zero-order valence-corrected chi connectivity index (χ0v) is 22.2. The van der Waals surface area contributed by atoms with Crippen LogP contribution in [0.25, 0.3) is 0 Å². The highest BCUT2D eigenvalue weighted by Crippen LogP contribution is 2.35. The van der Waals surface area contributed by atoms with Crippen molar-refractivity contribution >= 4 is 43.8 Å². The number of anilines is 1. The number of halogens is 1. The van der Waals surface area contributed by atoms with Crippen LogP contribution in [0, 0.1) is 13.8 Å². The van der Waals surface area contributed by atoms with Crippen LogP contribution in [0.5, 0.6) is 11.5 Å². The number of benzene rings is 3. The molecule has 0 heterocycles. The van der Waals surface area contributed by atoms with Crippen molar-refractivity contribution in [2.45, 2.75) is 18.7 Å². The fraction of sp³-hybridized carbons (Fsp3) is 0.200. The first-order valence-electron chi connectivity index (χ1n) is 10.6. The van der Waals surface area contributed by atoms with Gasteiger partial charge in [0.2, 0.25) is 0 Å². The third kappa shape index (κ3) is 6.20. The Balaban J connectivity index is 1.86. The molecule has 184 valence electrons. The molecule has 0 aliphatic carbocycles. The Morgan fingerprint density at radius 3 is 2.40 bits per heavy atom. The van der Waals surface area contributed by atoms with Gasteiger partial charge >= 0.3 is 0 Å². The first-order chi connectivity index (χ1) is 16.7. The van der Waals surface area contributed by atoms with Crippen LogP contribution in [0.15, 0.2) is 75.1 Å². The van der Waals surface area contributed by atoms with E-state index in [4.69, 9.17) is 9.47 Å². The molecule has 0 radical (unpaired) electrons. The zero-order chi connectivity index (χ0) is 25.6. The summed E-state index contributed by atoms with van der Waals surface area (Å²) in [5, 5.41) is 3.99. The molecule has 10 heteroatoms. The summed E-state index contributed by atoms with van der Waals surface area (Å²) in [6.45, 7) is 3.27. The molecule has 3 rings (SSSR count). The van der Waals surface area contributed by atoms with Crippen LogP contribution in [0.1, 0.15) is 16.7 Å². The Morgan fingerprint density at radius 2 is 1.77 bits per heavy atom. The Labute approximate surface area is 213 Å². The van der Waals surface area contributed by atoms with Gasteiger partial charge in [0.25, 0.3) is 15.9 Å². The van der Waals surface area contributed by atoms with Crippen LogP contribution in [-0.4, -0.2) is 41.3 Å². The van der Waals surface area contributed by atoms with E-state index in [1.165, 1.54) is 32.6 Å². The predicted molar refractivity (Wildman–Crippen MR) is 140 cm³/mol. The summed E-state index contributed by atoms with van der Waals surface area (Å²) < 4.78 is 39.2. The largest absolute Gasteiger partial charge is 0.493 e. The van der Waals surface area contributed by atoms with Gasteiger partial charge in [0, 0.05) is 0 Å². The molecule has 8 nitrogen and oxygen atoms in total.